The van der Waals surface area contributed by atoms with Crippen LogP contribution in [0.1, 0.15) is 12.0 Å². The zero-order chi connectivity index (χ0) is 24.1. The topological polar surface area (TPSA) is 85.0 Å². The lowest BCUT2D eigenvalue weighted by atomic mass is 10.1. The number of anilines is 2. The predicted octanol–water partition coefficient (Wildman–Crippen LogP) is 1.61. The molecule has 0 unspecified atom stereocenters. The number of benzene rings is 2. The molecule has 4 rings (SSSR count). The number of hydrogen-bond donors (Lipinski definition) is 2. The van der Waals surface area contributed by atoms with Gasteiger partial charge in [0, 0.05) is 50.6 Å². The smallest absolute Gasteiger partial charge is 0.243 e. The number of aryl methyl sites for hydroxylation is 1. The quantitative estimate of drug-likeness (QED) is 0.675. The number of nitrogens with zero attached hydrogens (tertiary/aromatic N) is 3. The highest BCUT2D eigenvalue weighted by atomic mass is 19.1. The molecule has 3 amide bonds. The van der Waals surface area contributed by atoms with Crippen molar-refractivity contribution in [2.45, 2.75) is 19.4 Å². The zero-order valence-electron chi connectivity index (χ0n) is 19.3. The van der Waals surface area contributed by atoms with Gasteiger partial charge in [0.1, 0.15) is 11.9 Å². The van der Waals surface area contributed by atoms with Gasteiger partial charge < -0.3 is 20.4 Å². The van der Waals surface area contributed by atoms with Gasteiger partial charge in [-0.15, -0.1) is 0 Å². The second-order valence-electron chi connectivity index (χ2n) is 8.76. The molecule has 2 N–H and O–H groups in total. The Kier molecular flexibility index (Phi) is 7.42. The van der Waals surface area contributed by atoms with Gasteiger partial charge in [0.15, 0.2) is 0 Å². The van der Waals surface area contributed by atoms with Crippen LogP contribution in [0.4, 0.5) is 15.8 Å². The van der Waals surface area contributed by atoms with Crippen molar-refractivity contribution >= 4 is 29.1 Å². The standard InChI is InChI=1S/C25H30FN5O3/c1-18-3-2-4-20(15-18)28-23(32)16-22-25(34)27-9-10-31(22)24(33)17-29-11-13-30(14-12-29)21-7-5-19(26)6-8-21/h2-8,15,22H,9-14,16-17H2,1H3,(H,27,34)(H,28,32)/t22-/m0/s1. The molecule has 2 saturated heterocycles. The van der Waals surface area contributed by atoms with Crippen LogP contribution in [0.5, 0.6) is 0 Å². The minimum atomic E-state index is -0.827. The molecule has 34 heavy (non-hydrogen) atoms. The van der Waals surface area contributed by atoms with Crippen molar-refractivity contribution in [2.24, 2.45) is 0 Å². The van der Waals surface area contributed by atoms with Crippen molar-refractivity contribution < 1.29 is 18.8 Å². The maximum Gasteiger partial charge on any atom is 0.243 e. The zero-order valence-corrected chi connectivity index (χ0v) is 19.3. The average Bonchev–Trinajstić information content (AvgIpc) is 2.81. The summed E-state index contributed by atoms with van der Waals surface area (Å²) in [7, 11) is 0. The summed E-state index contributed by atoms with van der Waals surface area (Å²) in [6.07, 6.45) is -0.0934. The fourth-order valence-electron chi connectivity index (χ4n) is 4.42. The molecule has 0 aromatic heterocycles. The lowest BCUT2D eigenvalue weighted by Gasteiger charge is -2.39. The summed E-state index contributed by atoms with van der Waals surface area (Å²) in [4.78, 5) is 44.0. The van der Waals surface area contributed by atoms with Crippen molar-refractivity contribution in [1.82, 2.24) is 15.1 Å². The van der Waals surface area contributed by atoms with Crippen LogP contribution in [0.2, 0.25) is 0 Å². The van der Waals surface area contributed by atoms with E-state index in [0.29, 0.717) is 31.9 Å². The molecule has 0 spiro atoms. The molecule has 2 aromatic carbocycles. The molecule has 9 heteroatoms. The largest absolute Gasteiger partial charge is 0.369 e. The lowest BCUT2D eigenvalue weighted by Crippen LogP contribution is -2.60. The Balaban J connectivity index is 1.32. The van der Waals surface area contributed by atoms with Crippen LogP contribution in [0.25, 0.3) is 0 Å². The fourth-order valence-corrected chi connectivity index (χ4v) is 4.42. The number of piperazine rings is 2. The van der Waals surface area contributed by atoms with E-state index < -0.39 is 6.04 Å². The normalized spacial score (nSPS) is 19.0. The van der Waals surface area contributed by atoms with Crippen LogP contribution in [-0.2, 0) is 14.4 Å². The Morgan fingerprint density at radius 2 is 1.79 bits per heavy atom. The van der Waals surface area contributed by atoms with E-state index in [1.165, 1.54) is 17.0 Å². The van der Waals surface area contributed by atoms with E-state index in [9.17, 15) is 18.8 Å². The van der Waals surface area contributed by atoms with Gasteiger partial charge in [-0.2, -0.15) is 0 Å². The molecule has 8 nitrogen and oxygen atoms in total. The van der Waals surface area contributed by atoms with Gasteiger partial charge in [0.05, 0.1) is 13.0 Å². The molecule has 1 atom stereocenters. The molecule has 2 aromatic rings. The Labute approximate surface area is 198 Å². The Bertz CT molecular complexity index is 1040. The summed E-state index contributed by atoms with van der Waals surface area (Å²) in [6.45, 7) is 5.69. The Morgan fingerprint density at radius 3 is 2.50 bits per heavy atom. The first kappa shape index (κ1) is 23.7. The molecule has 2 fully saturated rings. The number of carbonyl (C=O) groups is 3. The number of amides is 3. The van der Waals surface area contributed by atoms with Crippen LogP contribution in [-0.4, -0.2) is 79.4 Å². The van der Waals surface area contributed by atoms with E-state index in [1.54, 1.807) is 18.2 Å². The average molecular weight is 468 g/mol. The third kappa shape index (κ3) is 5.91. The van der Waals surface area contributed by atoms with Gasteiger partial charge in [-0.1, -0.05) is 12.1 Å². The minimum absolute atomic E-state index is 0.0934. The Hall–Kier alpha value is -3.46. The third-order valence-corrected chi connectivity index (χ3v) is 6.25. The molecule has 2 aliphatic rings. The highest BCUT2D eigenvalue weighted by Gasteiger charge is 2.35. The number of hydrogen-bond acceptors (Lipinski definition) is 5. The van der Waals surface area contributed by atoms with E-state index in [1.807, 2.05) is 25.1 Å². The number of rotatable bonds is 6. The predicted molar refractivity (Wildman–Crippen MR) is 128 cm³/mol. The van der Waals surface area contributed by atoms with Crippen LogP contribution in [0.3, 0.4) is 0 Å². The van der Waals surface area contributed by atoms with E-state index >= 15 is 0 Å². The second kappa shape index (κ2) is 10.6. The van der Waals surface area contributed by atoms with Gasteiger partial charge >= 0.3 is 0 Å². The van der Waals surface area contributed by atoms with Crippen molar-refractivity contribution in [3.63, 3.8) is 0 Å². The lowest BCUT2D eigenvalue weighted by molar-refractivity contribution is -0.145. The maximum absolute atomic E-state index is 13.2. The first-order chi connectivity index (χ1) is 16.4. The van der Waals surface area contributed by atoms with Crippen molar-refractivity contribution in [1.29, 1.82) is 0 Å². The van der Waals surface area contributed by atoms with Crippen LogP contribution in [0.15, 0.2) is 48.5 Å². The second-order valence-corrected chi connectivity index (χ2v) is 8.76. The van der Waals surface area contributed by atoms with E-state index in [2.05, 4.69) is 20.4 Å². The van der Waals surface area contributed by atoms with Gasteiger partial charge in [-0.3, -0.25) is 19.3 Å². The minimum Gasteiger partial charge on any atom is -0.369 e. The van der Waals surface area contributed by atoms with Gasteiger partial charge in [0.2, 0.25) is 17.7 Å². The summed E-state index contributed by atoms with van der Waals surface area (Å²) in [5, 5.41) is 5.59. The van der Waals surface area contributed by atoms with E-state index in [4.69, 9.17) is 0 Å². The molecule has 180 valence electrons. The molecular weight excluding hydrogens is 437 g/mol. The Morgan fingerprint density at radius 1 is 1.06 bits per heavy atom. The molecule has 2 heterocycles. The summed E-state index contributed by atoms with van der Waals surface area (Å²) < 4.78 is 13.2. The fraction of sp³-hybridized carbons (Fsp3) is 0.400. The molecule has 0 aliphatic carbocycles. The molecule has 0 radical (unpaired) electrons. The number of halogens is 1. The summed E-state index contributed by atoms with van der Waals surface area (Å²) in [6, 6.07) is 13.0. The van der Waals surface area contributed by atoms with Crippen molar-refractivity contribution in [3.8, 4) is 0 Å². The highest BCUT2D eigenvalue weighted by molar-refractivity contribution is 5.97. The monoisotopic (exact) mass is 467 g/mol. The summed E-state index contributed by atoms with van der Waals surface area (Å²) >= 11 is 0. The first-order valence-corrected chi connectivity index (χ1v) is 11.6. The van der Waals surface area contributed by atoms with Gasteiger partial charge in [-0.05, 0) is 48.9 Å². The number of carbonyl (C=O) groups excluding carboxylic acids is 3. The first-order valence-electron chi connectivity index (χ1n) is 11.6. The molecule has 0 saturated carbocycles. The molecule has 0 bridgehead atoms. The summed E-state index contributed by atoms with van der Waals surface area (Å²) in [5.74, 6) is -1.03. The van der Waals surface area contributed by atoms with Gasteiger partial charge in [0.25, 0.3) is 0 Å². The van der Waals surface area contributed by atoms with Gasteiger partial charge in [-0.25, -0.2) is 4.39 Å². The van der Waals surface area contributed by atoms with Crippen molar-refractivity contribution in [3.05, 3.63) is 59.9 Å². The van der Waals surface area contributed by atoms with Crippen LogP contribution < -0.4 is 15.5 Å². The van der Waals surface area contributed by atoms with Crippen molar-refractivity contribution in [2.75, 3.05) is 56.0 Å². The summed E-state index contributed by atoms with van der Waals surface area (Å²) in [5.41, 5.74) is 2.64. The maximum atomic E-state index is 13.2. The molecular formula is C25H30FN5O3. The SMILES string of the molecule is Cc1cccc(NC(=O)C[C@H]2C(=O)NCCN2C(=O)CN2CCN(c3ccc(F)cc3)CC2)c1. The van der Waals surface area contributed by atoms with E-state index in [-0.39, 0.29) is 36.5 Å². The molecule has 2 aliphatic heterocycles. The number of nitrogens with one attached hydrogen (secondary N) is 2. The highest BCUT2D eigenvalue weighted by Crippen LogP contribution is 2.18. The van der Waals surface area contributed by atoms with Crippen LogP contribution in [0, 0.1) is 12.7 Å². The third-order valence-electron chi connectivity index (χ3n) is 6.25. The van der Waals surface area contributed by atoms with Crippen LogP contribution >= 0.6 is 0 Å². The van der Waals surface area contributed by atoms with E-state index in [0.717, 1.165) is 24.3 Å².